The molecule has 0 aliphatic carbocycles. The van der Waals surface area contributed by atoms with Crippen molar-refractivity contribution in [3.8, 4) is 0 Å². The maximum absolute atomic E-state index is 13.4. The Hall–Kier alpha value is -1.79. The van der Waals surface area contributed by atoms with Crippen LogP contribution in [0.1, 0.15) is 48.6 Å². The van der Waals surface area contributed by atoms with E-state index in [-0.39, 0.29) is 0 Å². The lowest BCUT2D eigenvalue weighted by Gasteiger charge is -2.39. The van der Waals surface area contributed by atoms with Gasteiger partial charge >= 0.3 is 0 Å². The fourth-order valence-electron chi connectivity index (χ4n) is 3.94. The molecule has 1 saturated heterocycles. The van der Waals surface area contributed by atoms with E-state index in [0.717, 1.165) is 38.7 Å². The molecular formula is C21H25F2N3S. The quantitative estimate of drug-likeness (QED) is 0.732. The molecule has 2 aliphatic rings. The van der Waals surface area contributed by atoms with Crippen LogP contribution in [0.2, 0.25) is 0 Å². The van der Waals surface area contributed by atoms with Crippen LogP contribution in [-0.2, 0) is 6.54 Å². The molecule has 1 aromatic carbocycles. The molecule has 3 heterocycles. The van der Waals surface area contributed by atoms with Crippen molar-refractivity contribution < 1.29 is 8.78 Å². The highest BCUT2D eigenvalue weighted by atomic mass is 32.1. The Morgan fingerprint density at radius 3 is 2.48 bits per heavy atom. The van der Waals surface area contributed by atoms with Crippen molar-refractivity contribution in [1.29, 1.82) is 0 Å². The number of anilines is 1. The summed E-state index contributed by atoms with van der Waals surface area (Å²) >= 11 is 1.89. The first-order chi connectivity index (χ1) is 13.0. The van der Waals surface area contributed by atoms with Crippen LogP contribution in [0.3, 0.4) is 0 Å². The highest BCUT2D eigenvalue weighted by Gasteiger charge is 2.29. The van der Waals surface area contributed by atoms with E-state index in [1.807, 2.05) is 17.6 Å². The molecule has 0 spiro atoms. The maximum Gasteiger partial charge on any atom is 0.126 e. The summed E-state index contributed by atoms with van der Waals surface area (Å²) in [5.41, 5.74) is 1.95. The zero-order chi connectivity index (χ0) is 19.0. The molecule has 0 atom stereocenters. The number of nitrogens with zero attached hydrogens (tertiary/aromatic N) is 3. The molecule has 3 nitrogen and oxygen atoms in total. The van der Waals surface area contributed by atoms with Crippen molar-refractivity contribution in [2.75, 3.05) is 24.7 Å². The molecule has 0 radical (unpaired) electrons. The van der Waals surface area contributed by atoms with Crippen LogP contribution in [-0.4, -0.2) is 36.9 Å². The first kappa shape index (κ1) is 18.6. The van der Waals surface area contributed by atoms with E-state index in [2.05, 4.69) is 34.7 Å². The summed E-state index contributed by atoms with van der Waals surface area (Å²) in [5.74, 6) is -0.473. The molecule has 0 bridgehead atoms. The van der Waals surface area contributed by atoms with Gasteiger partial charge in [-0.15, -0.1) is 11.3 Å². The number of hydrogen-bond acceptors (Lipinski definition) is 4. The predicted octanol–water partition coefficient (Wildman–Crippen LogP) is 5.01. The minimum Gasteiger partial charge on any atom is -0.340 e. The summed E-state index contributed by atoms with van der Waals surface area (Å²) in [6, 6.07) is 6.53. The van der Waals surface area contributed by atoms with Gasteiger partial charge in [0.15, 0.2) is 0 Å². The smallest absolute Gasteiger partial charge is 0.126 e. The number of thiophene rings is 1. The number of aliphatic imine (C=N–C) groups is 1. The molecule has 27 heavy (non-hydrogen) atoms. The first-order valence-corrected chi connectivity index (χ1v) is 10.4. The zero-order valence-electron chi connectivity index (χ0n) is 15.8. The second-order valence-corrected chi connectivity index (χ2v) is 8.83. The lowest BCUT2D eigenvalue weighted by molar-refractivity contribution is 0.201. The molecule has 2 aromatic rings. The van der Waals surface area contributed by atoms with E-state index < -0.39 is 11.6 Å². The van der Waals surface area contributed by atoms with E-state index in [1.54, 1.807) is 0 Å². The van der Waals surface area contributed by atoms with Crippen molar-refractivity contribution in [2.45, 2.75) is 45.2 Å². The Morgan fingerprint density at radius 1 is 1.11 bits per heavy atom. The van der Waals surface area contributed by atoms with E-state index in [0.29, 0.717) is 24.1 Å². The lowest BCUT2D eigenvalue weighted by atomic mass is 10.0. The second-order valence-electron chi connectivity index (χ2n) is 7.77. The average molecular weight is 390 g/mol. The van der Waals surface area contributed by atoms with Crippen LogP contribution in [0.25, 0.3) is 0 Å². The highest BCUT2D eigenvalue weighted by molar-refractivity contribution is 7.16. The van der Waals surface area contributed by atoms with Crippen molar-refractivity contribution in [3.05, 3.63) is 51.9 Å². The zero-order valence-corrected chi connectivity index (χ0v) is 16.6. The Bertz CT molecular complexity index is 818. The molecule has 2 aliphatic heterocycles. The summed E-state index contributed by atoms with van der Waals surface area (Å²) < 4.78 is 26.8. The molecule has 6 heteroatoms. The third-order valence-electron chi connectivity index (χ3n) is 5.38. The molecule has 4 rings (SSSR count). The van der Waals surface area contributed by atoms with Crippen molar-refractivity contribution >= 4 is 22.6 Å². The Kier molecular flexibility index (Phi) is 5.28. The van der Waals surface area contributed by atoms with Gasteiger partial charge in [-0.1, -0.05) is 13.8 Å². The van der Waals surface area contributed by atoms with Gasteiger partial charge in [0.05, 0.1) is 0 Å². The number of fused-ring (bicyclic) bond motifs is 1. The second kappa shape index (κ2) is 7.68. The number of hydrogen-bond donors (Lipinski definition) is 0. The standard InChI is InChI=1S/C21H25F2N3S/c1-14(2)20-9-16-11-24-13-26(21(16)27-20)19-3-5-25(6-4-19)12-15-7-17(22)10-18(23)8-15/h7-11,14,19H,3-6,12-13H2,1-2H3. The summed E-state index contributed by atoms with van der Waals surface area (Å²) in [6.45, 7) is 7.65. The predicted molar refractivity (Wildman–Crippen MR) is 108 cm³/mol. The fraction of sp³-hybridized carbons (Fsp3) is 0.476. The average Bonchev–Trinajstić information content (AvgIpc) is 3.06. The number of halogens is 2. The van der Waals surface area contributed by atoms with Crippen LogP contribution in [0.15, 0.2) is 29.3 Å². The monoisotopic (exact) mass is 389 g/mol. The summed E-state index contributed by atoms with van der Waals surface area (Å²) in [4.78, 5) is 10.7. The summed E-state index contributed by atoms with van der Waals surface area (Å²) in [5, 5.41) is 1.35. The van der Waals surface area contributed by atoms with E-state index >= 15 is 0 Å². The molecule has 0 N–H and O–H groups in total. The number of likely N-dealkylation sites (tertiary alicyclic amines) is 1. The lowest BCUT2D eigenvalue weighted by Crippen LogP contribution is -2.45. The summed E-state index contributed by atoms with van der Waals surface area (Å²) in [6.07, 6.45) is 4.09. The normalized spacial score (nSPS) is 18.3. The molecule has 0 amide bonds. The minimum atomic E-state index is -0.503. The Labute approximate surface area is 163 Å². The van der Waals surface area contributed by atoms with Crippen molar-refractivity contribution in [3.63, 3.8) is 0 Å². The van der Waals surface area contributed by atoms with Crippen LogP contribution >= 0.6 is 11.3 Å². The minimum absolute atomic E-state index is 0.473. The SMILES string of the molecule is CC(C)c1cc2c(s1)N(C1CCN(Cc3cc(F)cc(F)c3)CC1)CN=C2. The van der Waals surface area contributed by atoms with Gasteiger partial charge in [0.1, 0.15) is 23.3 Å². The number of benzene rings is 1. The molecule has 0 saturated carbocycles. The van der Waals surface area contributed by atoms with Gasteiger partial charge in [0.2, 0.25) is 0 Å². The topological polar surface area (TPSA) is 18.8 Å². The third kappa shape index (κ3) is 4.06. The Balaban J connectivity index is 1.40. The van der Waals surface area contributed by atoms with Gasteiger partial charge in [-0.25, -0.2) is 8.78 Å². The van der Waals surface area contributed by atoms with Crippen LogP contribution in [0.5, 0.6) is 0 Å². The van der Waals surface area contributed by atoms with Gasteiger partial charge in [-0.3, -0.25) is 9.89 Å². The van der Waals surface area contributed by atoms with E-state index in [1.165, 1.54) is 27.6 Å². The first-order valence-electron chi connectivity index (χ1n) is 9.57. The highest BCUT2D eigenvalue weighted by Crippen LogP contribution is 2.38. The number of rotatable bonds is 4. The van der Waals surface area contributed by atoms with E-state index in [9.17, 15) is 8.78 Å². The number of piperidine rings is 1. The molecule has 0 unspecified atom stereocenters. The van der Waals surface area contributed by atoms with Crippen LogP contribution < -0.4 is 4.90 Å². The van der Waals surface area contributed by atoms with Gasteiger partial charge in [-0.05, 0) is 42.5 Å². The third-order valence-corrected chi connectivity index (χ3v) is 6.87. The summed E-state index contributed by atoms with van der Waals surface area (Å²) in [7, 11) is 0. The molecular weight excluding hydrogens is 364 g/mol. The van der Waals surface area contributed by atoms with Gasteiger partial charge in [-0.2, -0.15) is 0 Å². The van der Waals surface area contributed by atoms with Gasteiger partial charge in [0.25, 0.3) is 0 Å². The van der Waals surface area contributed by atoms with Gasteiger partial charge < -0.3 is 4.90 Å². The van der Waals surface area contributed by atoms with E-state index in [4.69, 9.17) is 0 Å². The molecule has 144 valence electrons. The Morgan fingerprint density at radius 2 is 1.81 bits per heavy atom. The molecule has 1 fully saturated rings. The van der Waals surface area contributed by atoms with Crippen molar-refractivity contribution in [2.24, 2.45) is 4.99 Å². The maximum atomic E-state index is 13.4. The fourth-order valence-corrected chi connectivity index (χ4v) is 5.14. The van der Waals surface area contributed by atoms with Crippen LogP contribution in [0.4, 0.5) is 13.8 Å². The van der Waals surface area contributed by atoms with Crippen molar-refractivity contribution in [1.82, 2.24) is 4.90 Å². The van der Waals surface area contributed by atoms with Crippen LogP contribution in [0, 0.1) is 11.6 Å². The van der Waals surface area contributed by atoms with Gasteiger partial charge in [0, 0.05) is 48.4 Å². The molecule has 1 aromatic heterocycles. The largest absolute Gasteiger partial charge is 0.340 e.